The van der Waals surface area contributed by atoms with E-state index in [2.05, 4.69) is 9.97 Å². The van der Waals surface area contributed by atoms with E-state index in [1.54, 1.807) is 24.4 Å². The van der Waals surface area contributed by atoms with Crippen molar-refractivity contribution in [3.8, 4) is 0 Å². The number of imidazole rings is 1. The molecule has 0 radical (unpaired) electrons. The smallest absolute Gasteiger partial charge is 0.179 e. The highest BCUT2D eigenvalue weighted by Crippen LogP contribution is 2.17. The summed E-state index contributed by atoms with van der Waals surface area (Å²) in [6, 6.07) is 8.52. The van der Waals surface area contributed by atoms with Crippen LogP contribution in [0.1, 0.15) is 5.56 Å². The van der Waals surface area contributed by atoms with Gasteiger partial charge in [0.1, 0.15) is 5.82 Å². The maximum atomic E-state index is 13.6. The third-order valence-electron chi connectivity index (χ3n) is 3.14. The van der Waals surface area contributed by atoms with Gasteiger partial charge in [-0.25, -0.2) is 9.37 Å². The molecule has 0 unspecified atom stereocenters. The van der Waals surface area contributed by atoms with E-state index in [0.29, 0.717) is 28.3 Å². The maximum Gasteiger partial charge on any atom is 0.179 e. The van der Waals surface area contributed by atoms with Gasteiger partial charge in [0.25, 0.3) is 0 Å². The third kappa shape index (κ3) is 2.46. The number of aromatic nitrogens is 3. The molecule has 3 aromatic rings. The molecule has 102 valence electrons. The molecule has 0 fully saturated rings. The van der Waals surface area contributed by atoms with Gasteiger partial charge in [-0.1, -0.05) is 29.8 Å². The normalized spacial score (nSPS) is 11.1. The highest BCUT2D eigenvalue weighted by atomic mass is 35.5. The van der Waals surface area contributed by atoms with Gasteiger partial charge in [-0.3, -0.25) is 0 Å². The number of pyridine rings is 1. The van der Waals surface area contributed by atoms with Crippen molar-refractivity contribution < 1.29 is 4.39 Å². The predicted molar refractivity (Wildman–Crippen MR) is 80.0 cm³/mol. The van der Waals surface area contributed by atoms with Crippen molar-refractivity contribution in [1.29, 1.82) is 0 Å². The summed E-state index contributed by atoms with van der Waals surface area (Å²) < 4.78 is 16.0. The number of rotatable bonds is 3. The van der Waals surface area contributed by atoms with Crippen molar-refractivity contribution in [2.45, 2.75) is 13.0 Å². The van der Waals surface area contributed by atoms with Gasteiger partial charge in [-0.05, 0) is 36.3 Å². The Balaban J connectivity index is 1.94. The van der Waals surface area contributed by atoms with Crippen molar-refractivity contribution in [1.82, 2.24) is 14.5 Å². The fraction of sp³-hybridized carbons (Fsp3) is 0.143. The molecule has 20 heavy (non-hydrogen) atoms. The fourth-order valence-electron chi connectivity index (χ4n) is 2.16. The number of nitrogens with zero attached hydrogens (tertiary/aromatic N) is 2. The van der Waals surface area contributed by atoms with E-state index < -0.39 is 0 Å². The first-order chi connectivity index (χ1) is 9.65. The van der Waals surface area contributed by atoms with Crippen LogP contribution in [-0.2, 0) is 13.0 Å². The summed E-state index contributed by atoms with van der Waals surface area (Å²) in [7, 11) is 0. The average molecular weight is 308 g/mol. The van der Waals surface area contributed by atoms with Crippen LogP contribution < -0.4 is 0 Å². The molecule has 1 N–H and O–H groups in total. The van der Waals surface area contributed by atoms with Crippen molar-refractivity contribution in [3.05, 3.63) is 57.7 Å². The lowest BCUT2D eigenvalue weighted by atomic mass is 10.1. The second kappa shape index (κ2) is 5.34. The molecule has 0 atom stereocenters. The molecule has 1 aromatic carbocycles. The molecule has 0 aliphatic carbocycles. The molecule has 6 heteroatoms. The summed E-state index contributed by atoms with van der Waals surface area (Å²) in [4.78, 5) is 7.33. The monoisotopic (exact) mass is 307 g/mol. The topological polar surface area (TPSA) is 33.6 Å². The van der Waals surface area contributed by atoms with Gasteiger partial charge in [0.15, 0.2) is 10.4 Å². The first-order valence-corrected chi connectivity index (χ1v) is 6.91. The molecular formula is C14H11ClFN3S. The van der Waals surface area contributed by atoms with E-state index in [1.807, 2.05) is 10.6 Å². The second-order valence-electron chi connectivity index (χ2n) is 4.45. The van der Waals surface area contributed by atoms with Crippen LogP contribution in [0.2, 0.25) is 5.02 Å². The van der Waals surface area contributed by atoms with Crippen molar-refractivity contribution in [3.63, 3.8) is 0 Å². The van der Waals surface area contributed by atoms with Crippen LogP contribution in [0.5, 0.6) is 0 Å². The molecular weight excluding hydrogens is 297 g/mol. The lowest BCUT2D eigenvalue weighted by molar-refractivity contribution is 0.594. The van der Waals surface area contributed by atoms with Gasteiger partial charge >= 0.3 is 0 Å². The molecule has 0 aliphatic rings. The summed E-state index contributed by atoms with van der Waals surface area (Å²) in [5, 5.41) is 0.551. The number of aryl methyl sites for hydroxylation is 2. The fourth-order valence-corrected chi connectivity index (χ4v) is 2.60. The second-order valence-corrected chi connectivity index (χ2v) is 5.27. The Kier molecular flexibility index (Phi) is 3.54. The van der Waals surface area contributed by atoms with Crippen molar-refractivity contribution in [2.24, 2.45) is 0 Å². The third-order valence-corrected chi connectivity index (χ3v) is 3.67. The minimum atomic E-state index is -0.199. The molecule has 0 aliphatic heterocycles. The summed E-state index contributed by atoms with van der Waals surface area (Å²) >= 11 is 11.2. The average Bonchev–Trinajstić information content (AvgIpc) is 2.73. The minimum absolute atomic E-state index is 0.199. The van der Waals surface area contributed by atoms with Crippen LogP contribution >= 0.6 is 23.8 Å². The Labute approximate surface area is 125 Å². The van der Waals surface area contributed by atoms with E-state index in [9.17, 15) is 4.39 Å². The van der Waals surface area contributed by atoms with Gasteiger partial charge in [-0.15, -0.1) is 0 Å². The number of H-pyrrole nitrogens is 1. The zero-order valence-corrected chi connectivity index (χ0v) is 12.0. The maximum absolute atomic E-state index is 13.6. The van der Waals surface area contributed by atoms with E-state index in [4.69, 9.17) is 23.8 Å². The molecule has 0 bridgehead atoms. The van der Waals surface area contributed by atoms with Gasteiger partial charge in [0, 0.05) is 12.7 Å². The number of hydrogen-bond acceptors (Lipinski definition) is 2. The van der Waals surface area contributed by atoms with Gasteiger partial charge in [-0.2, -0.15) is 0 Å². The molecule has 0 amide bonds. The van der Waals surface area contributed by atoms with Crippen LogP contribution in [0, 0.1) is 10.6 Å². The number of nitrogens with one attached hydrogen (secondary N) is 1. The zero-order valence-electron chi connectivity index (χ0n) is 10.4. The quantitative estimate of drug-likeness (QED) is 0.738. The van der Waals surface area contributed by atoms with Gasteiger partial charge < -0.3 is 9.55 Å². The predicted octanol–water partition coefficient (Wildman–Crippen LogP) is 4.13. The Morgan fingerprint density at radius 1 is 1.35 bits per heavy atom. The Morgan fingerprint density at radius 3 is 2.95 bits per heavy atom. The lowest BCUT2D eigenvalue weighted by Crippen LogP contribution is -2.03. The molecule has 0 saturated carbocycles. The summed E-state index contributed by atoms with van der Waals surface area (Å²) in [5.74, 6) is -0.199. The van der Waals surface area contributed by atoms with E-state index in [0.717, 1.165) is 11.2 Å². The van der Waals surface area contributed by atoms with Crippen LogP contribution in [0.4, 0.5) is 4.39 Å². The summed E-state index contributed by atoms with van der Waals surface area (Å²) in [6.45, 7) is 0.564. The SMILES string of the molecule is Fc1ccccc1CCn1c(=S)[nH]c2cc(Cl)cnc21. The highest BCUT2D eigenvalue weighted by molar-refractivity contribution is 7.71. The first-order valence-electron chi connectivity index (χ1n) is 6.12. The number of fused-ring (bicyclic) bond motifs is 1. The summed E-state index contributed by atoms with van der Waals surface area (Å²) in [5.41, 5.74) is 2.18. The van der Waals surface area contributed by atoms with E-state index in [1.165, 1.54) is 6.07 Å². The molecule has 2 heterocycles. The minimum Gasteiger partial charge on any atom is -0.329 e. The zero-order chi connectivity index (χ0) is 14.1. The van der Waals surface area contributed by atoms with E-state index >= 15 is 0 Å². The standard InChI is InChI=1S/C14H11ClFN3S/c15-10-7-12-13(17-8-10)19(14(20)18-12)6-5-9-3-1-2-4-11(9)16/h1-4,7-8H,5-6H2,(H,18,20). The molecule has 3 rings (SSSR count). The molecule has 2 aromatic heterocycles. The van der Waals surface area contributed by atoms with Crippen LogP contribution in [-0.4, -0.2) is 14.5 Å². The van der Waals surface area contributed by atoms with Crippen LogP contribution in [0.25, 0.3) is 11.2 Å². The lowest BCUT2D eigenvalue weighted by Gasteiger charge is -2.05. The Bertz CT molecular complexity index is 825. The van der Waals surface area contributed by atoms with E-state index in [-0.39, 0.29) is 5.82 Å². The Hall–Kier alpha value is -1.72. The van der Waals surface area contributed by atoms with Crippen molar-refractivity contribution in [2.75, 3.05) is 0 Å². The molecule has 0 saturated heterocycles. The van der Waals surface area contributed by atoms with Gasteiger partial charge in [0.05, 0.1) is 10.5 Å². The summed E-state index contributed by atoms with van der Waals surface area (Å²) in [6.07, 6.45) is 2.13. The first kappa shape index (κ1) is 13.3. The number of benzene rings is 1. The van der Waals surface area contributed by atoms with Crippen LogP contribution in [0.15, 0.2) is 36.5 Å². The van der Waals surface area contributed by atoms with Gasteiger partial charge in [0.2, 0.25) is 0 Å². The van der Waals surface area contributed by atoms with Crippen LogP contribution in [0.3, 0.4) is 0 Å². The largest absolute Gasteiger partial charge is 0.329 e. The Morgan fingerprint density at radius 2 is 2.15 bits per heavy atom. The highest BCUT2D eigenvalue weighted by Gasteiger charge is 2.08. The number of hydrogen-bond donors (Lipinski definition) is 1. The number of aromatic amines is 1. The van der Waals surface area contributed by atoms with Crippen molar-refractivity contribution >= 4 is 35.0 Å². The molecule has 0 spiro atoms. The number of halogens is 2. The molecule has 3 nitrogen and oxygen atoms in total.